The molecule has 0 aliphatic carbocycles. The number of hydrogen-bond acceptors (Lipinski definition) is 4. The molecule has 20 heavy (non-hydrogen) atoms. The maximum absolute atomic E-state index is 12.2. The molecule has 0 N–H and O–H groups in total. The van der Waals surface area contributed by atoms with Crippen molar-refractivity contribution in [1.82, 2.24) is 9.88 Å². The normalized spacial score (nSPS) is 10.6. The van der Waals surface area contributed by atoms with E-state index in [-0.39, 0.29) is 5.78 Å². The number of carbonyl (C=O) groups excluding carboxylic acids is 1. The zero-order chi connectivity index (χ0) is 14.4. The molecule has 0 saturated carbocycles. The topological polar surface area (TPSA) is 42.4 Å². The van der Waals surface area contributed by atoms with Crippen LogP contribution in [0.1, 0.15) is 15.9 Å². The highest BCUT2D eigenvalue weighted by Gasteiger charge is 2.10. The van der Waals surface area contributed by atoms with Crippen molar-refractivity contribution in [2.24, 2.45) is 0 Å². The molecule has 0 radical (unpaired) electrons. The lowest BCUT2D eigenvalue weighted by molar-refractivity contribution is 0.0942. The first kappa shape index (κ1) is 14.2. The number of pyridine rings is 1. The second-order valence-electron chi connectivity index (χ2n) is 4.69. The van der Waals surface area contributed by atoms with Crippen LogP contribution in [-0.4, -0.2) is 36.4 Å². The van der Waals surface area contributed by atoms with Crippen LogP contribution in [0.25, 0.3) is 0 Å². The van der Waals surface area contributed by atoms with Crippen molar-refractivity contribution in [2.45, 2.75) is 6.54 Å². The third-order valence-electron chi connectivity index (χ3n) is 2.98. The minimum atomic E-state index is 0.0790. The predicted molar refractivity (Wildman–Crippen MR) is 77.9 cm³/mol. The molecule has 0 aliphatic heterocycles. The average Bonchev–Trinajstić information content (AvgIpc) is 2.48. The lowest BCUT2D eigenvalue weighted by Crippen LogP contribution is -2.25. The number of rotatable bonds is 6. The van der Waals surface area contributed by atoms with Crippen molar-refractivity contribution in [3.05, 3.63) is 59.9 Å². The van der Waals surface area contributed by atoms with Gasteiger partial charge in [0.2, 0.25) is 0 Å². The highest BCUT2D eigenvalue weighted by molar-refractivity contribution is 5.97. The Labute approximate surface area is 119 Å². The van der Waals surface area contributed by atoms with E-state index in [4.69, 9.17) is 4.74 Å². The van der Waals surface area contributed by atoms with Gasteiger partial charge in [-0.2, -0.15) is 0 Å². The molecule has 1 heterocycles. The summed E-state index contributed by atoms with van der Waals surface area (Å²) >= 11 is 0. The molecule has 2 aromatic rings. The Balaban J connectivity index is 1.96. The molecule has 1 aromatic heterocycles. The van der Waals surface area contributed by atoms with Crippen LogP contribution < -0.4 is 4.74 Å². The molecular formula is C16H18N2O2. The van der Waals surface area contributed by atoms with Crippen molar-refractivity contribution in [1.29, 1.82) is 0 Å². The van der Waals surface area contributed by atoms with Gasteiger partial charge < -0.3 is 4.74 Å². The van der Waals surface area contributed by atoms with Crippen LogP contribution in [0, 0.1) is 0 Å². The van der Waals surface area contributed by atoms with Crippen molar-refractivity contribution in [3.63, 3.8) is 0 Å². The van der Waals surface area contributed by atoms with E-state index in [1.807, 2.05) is 48.5 Å². The van der Waals surface area contributed by atoms with Gasteiger partial charge in [0, 0.05) is 24.5 Å². The summed E-state index contributed by atoms with van der Waals surface area (Å²) in [6.45, 7) is 1.06. The van der Waals surface area contributed by atoms with E-state index >= 15 is 0 Å². The number of Topliss-reactive ketones (excluding diaryl/α,β-unsaturated/α-hetero) is 1. The van der Waals surface area contributed by atoms with E-state index in [0.717, 1.165) is 5.56 Å². The van der Waals surface area contributed by atoms with Gasteiger partial charge in [-0.05, 0) is 30.8 Å². The number of ketones is 1. The highest BCUT2D eigenvalue weighted by atomic mass is 16.5. The Bertz CT molecular complexity index is 570. The molecule has 1 aromatic carbocycles. The number of carbonyl (C=O) groups is 1. The molecule has 104 valence electrons. The Hall–Kier alpha value is -2.20. The van der Waals surface area contributed by atoms with E-state index in [1.165, 1.54) is 0 Å². The lowest BCUT2D eigenvalue weighted by atomic mass is 10.1. The fourth-order valence-electron chi connectivity index (χ4n) is 1.99. The van der Waals surface area contributed by atoms with Crippen molar-refractivity contribution in [2.75, 3.05) is 20.7 Å². The summed E-state index contributed by atoms with van der Waals surface area (Å²) in [6, 6.07) is 11.1. The maximum Gasteiger partial charge on any atom is 0.176 e. The predicted octanol–water partition coefficient (Wildman–Crippen LogP) is 2.40. The van der Waals surface area contributed by atoms with Gasteiger partial charge >= 0.3 is 0 Å². The minimum Gasteiger partial charge on any atom is -0.497 e. The number of methoxy groups -OCH3 is 1. The molecule has 0 bridgehead atoms. The molecule has 0 atom stereocenters. The summed E-state index contributed by atoms with van der Waals surface area (Å²) in [7, 11) is 3.52. The molecule has 2 rings (SSSR count). The second kappa shape index (κ2) is 6.82. The van der Waals surface area contributed by atoms with Crippen molar-refractivity contribution >= 4 is 5.78 Å². The molecular weight excluding hydrogens is 252 g/mol. The molecule has 0 saturated heterocycles. The number of benzene rings is 1. The van der Waals surface area contributed by atoms with Crippen molar-refractivity contribution < 1.29 is 9.53 Å². The zero-order valence-electron chi connectivity index (χ0n) is 11.7. The van der Waals surface area contributed by atoms with E-state index in [1.54, 1.807) is 19.4 Å². The van der Waals surface area contributed by atoms with E-state index in [9.17, 15) is 4.79 Å². The zero-order valence-corrected chi connectivity index (χ0v) is 11.7. The summed E-state index contributed by atoms with van der Waals surface area (Å²) in [4.78, 5) is 18.2. The fourth-order valence-corrected chi connectivity index (χ4v) is 1.99. The number of ether oxygens (including phenoxy) is 1. The summed E-state index contributed by atoms with van der Waals surface area (Å²) in [6.07, 6.45) is 3.55. The number of aromatic nitrogens is 1. The second-order valence-corrected chi connectivity index (χ2v) is 4.69. The molecule has 0 spiro atoms. The molecule has 4 heteroatoms. The minimum absolute atomic E-state index is 0.0790. The van der Waals surface area contributed by atoms with Crippen LogP contribution in [0.15, 0.2) is 48.8 Å². The summed E-state index contributed by atoms with van der Waals surface area (Å²) in [5, 5.41) is 0. The van der Waals surface area contributed by atoms with Gasteiger partial charge in [0.15, 0.2) is 5.78 Å². The SMILES string of the molecule is COc1cccc(C(=O)CN(C)Cc2cccnc2)c1. The standard InChI is InChI=1S/C16H18N2O2/c1-18(11-13-5-4-8-17-10-13)12-16(19)14-6-3-7-15(9-14)20-2/h3-10H,11-12H2,1-2H3. The van der Waals surface area contributed by atoms with E-state index < -0.39 is 0 Å². The van der Waals surface area contributed by atoms with Gasteiger partial charge in [-0.15, -0.1) is 0 Å². The van der Waals surface area contributed by atoms with E-state index in [0.29, 0.717) is 24.4 Å². The number of nitrogens with zero attached hydrogens (tertiary/aromatic N) is 2. The smallest absolute Gasteiger partial charge is 0.176 e. The van der Waals surface area contributed by atoms with Gasteiger partial charge in [0.05, 0.1) is 13.7 Å². The molecule has 4 nitrogen and oxygen atoms in total. The third-order valence-corrected chi connectivity index (χ3v) is 2.98. The third kappa shape index (κ3) is 3.90. The van der Waals surface area contributed by atoms with Gasteiger partial charge in [0.25, 0.3) is 0 Å². The maximum atomic E-state index is 12.2. The largest absolute Gasteiger partial charge is 0.497 e. The molecule has 0 amide bonds. The first-order chi connectivity index (χ1) is 9.69. The first-order valence-electron chi connectivity index (χ1n) is 6.44. The Morgan fingerprint density at radius 2 is 2.15 bits per heavy atom. The van der Waals surface area contributed by atoms with Crippen molar-refractivity contribution in [3.8, 4) is 5.75 Å². The quantitative estimate of drug-likeness (QED) is 0.756. The number of likely N-dealkylation sites (N-methyl/N-ethyl adjacent to an activating group) is 1. The summed E-state index contributed by atoms with van der Waals surface area (Å²) < 4.78 is 5.13. The van der Waals surface area contributed by atoms with Gasteiger partial charge in [-0.25, -0.2) is 0 Å². The van der Waals surface area contributed by atoms with Gasteiger partial charge in [-0.3, -0.25) is 14.7 Å². The molecule has 0 unspecified atom stereocenters. The van der Waals surface area contributed by atoms with Crippen LogP contribution in [0.4, 0.5) is 0 Å². The van der Waals surface area contributed by atoms with Gasteiger partial charge in [-0.1, -0.05) is 18.2 Å². The number of hydrogen-bond donors (Lipinski definition) is 0. The van der Waals surface area contributed by atoms with Crippen LogP contribution in [0.2, 0.25) is 0 Å². The molecule has 0 fully saturated rings. The van der Waals surface area contributed by atoms with Crippen LogP contribution in [0.3, 0.4) is 0 Å². The summed E-state index contributed by atoms with van der Waals surface area (Å²) in [5.41, 5.74) is 1.76. The Kier molecular flexibility index (Phi) is 4.85. The lowest BCUT2D eigenvalue weighted by Gasteiger charge is -2.15. The highest BCUT2D eigenvalue weighted by Crippen LogP contribution is 2.13. The average molecular weight is 270 g/mol. The Morgan fingerprint density at radius 1 is 1.30 bits per heavy atom. The van der Waals surface area contributed by atoms with Crippen LogP contribution >= 0.6 is 0 Å². The first-order valence-corrected chi connectivity index (χ1v) is 6.44. The van der Waals surface area contributed by atoms with E-state index in [2.05, 4.69) is 4.98 Å². The van der Waals surface area contributed by atoms with Gasteiger partial charge in [0.1, 0.15) is 5.75 Å². The van der Waals surface area contributed by atoms with Crippen LogP contribution in [0.5, 0.6) is 5.75 Å². The monoisotopic (exact) mass is 270 g/mol. The fraction of sp³-hybridized carbons (Fsp3) is 0.250. The van der Waals surface area contributed by atoms with Crippen LogP contribution in [-0.2, 0) is 6.54 Å². The Morgan fingerprint density at radius 3 is 2.85 bits per heavy atom. The summed E-state index contributed by atoms with van der Waals surface area (Å²) in [5.74, 6) is 0.779. The molecule has 0 aliphatic rings.